The molecule has 138 valence electrons. The average Bonchev–Trinajstić information content (AvgIpc) is 2.38. The number of alkyl carbamates (subject to hydrolysis) is 1. The van der Waals surface area contributed by atoms with Gasteiger partial charge in [-0.15, -0.1) is 0 Å². The first-order chi connectivity index (χ1) is 10.5. The fourth-order valence-corrected chi connectivity index (χ4v) is 2.51. The third-order valence-electron chi connectivity index (χ3n) is 3.41. The molecule has 0 radical (unpaired) electrons. The van der Waals surface area contributed by atoms with E-state index in [0.717, 1.165) is 6.42 Å². The molecule has 23 heavy (non-hydrogen) atoms. The topological polar surface area (TPSA) is 67.8 Å². The van der Waals surface area contributed by atoms with Crippen LogP contribution in [0, 0.1) is 17.3 Å². The van der Waals surface area contributed by atoms with Crippen molar-refractivity contribution in [3.63, 3.8) is 0 Å². The standard InChI is InChI=1S/C18H37NO4/c1-14(2)10-18(13-20,8-9-22-11-15(3)4)12-19-16(21)23-17(5,6)7/h14-15,20H,8-13H2,1-7H3,(H,19,21). The normalized spacial score (nSPS) is 14.9. The van der Waals surface area contributed by atoms with E-state index in [4.69, 9.17) is 9.47 Å². The van der Waals surface area contributed by atoms with Crippen LogP contribution in [-0.2, 0) is 9.47 Å². The summed E-state index contributed by atoms with van der Waals surface area (Å²) in [5, 5.41) is 12.7. The number of amides is 1. The number of carbonyl (C=O) groups is 1. The lowest BCUT2D eigenvalue weighted by atomic mass is 9.78. The van der Waals surface area contributed by atoms with Crippen molar-refractivity contribution in [2.45, 2.75) is 66.9 Å². The first-order valence-electron chi connectivity index (χ1n) is 8.65. The minimum Gasteiger partial charge on any atom is -0.444 e. The van der Waals surface area contributed by atoms with Gasteiger partial charge in [-0.25, -0.2) is 4.79 Å². The molecule has 0 aliphatic heterocycles. The first kappa shape index (κ1) is 22.2. The van der Waals surface area contributed by atoms with Gasteiger partial charge in [-0.3, -0.25) is 0 Å². The Labute approximate surface area is 142 Å². The molecule has 0 spiro atoms. The molecule has 0 aromatic heterocycles. The van der Waals surface area contributed by atoms with Gasteiger partial charge in [0.1, 0.15) is 5.60 Å². The lowest BCUT2D eigenvalue weighted by Gasteiger charge is -2.34. The first-order valence-corrected chi connectivity index (χ1v) is 8.65. The Morgan fingerprint density at radius 1 is 1.13 bits per heavy atom. The maximum Gasteiger partial charge on any atom is 0.407 e. The second-order valence-electron chi connectivity index (χ2n) is 8.33. The number of nitrogens with one attached hydrogen (secondary N) is 1. The number of aliphatic hydroxyl groups excluding tert-OH is 1. The van der Waals surface area contributed by atoms with Crippen molar-refractivity contribution in [1.29, 1.82) is 0 Å². The van der Waals surface area contributed by atoms with E-state index in [1.165, 1.54) is 0 Å². The maximum atomic E-state index is 11.9. The highest BCUT2D eigenvalue weighted by atomic mass is 16.6. The van der Waals surface area contributed by atoms with Crippen molar-refractivity contribution in [3.8, 4) is 0 Å². The summed E-state index contributed by atoms with van der Waals surface area (Å²) in [4.78, 5) is 11.9. The Morgan fingerprint density at radius 3 is 2.17 bits per heavy atom. The second kappa shape index (κ2) is 10.1. The second-order valence-corrected chi connectivity index (χ2v) is 8.33. The lowest BCUT2D eigenvalue weighted by molar-refractivity contribution is 0.0254. The summed E-state index contributed by atoms with van der Waals surface area (Å²) in [7, 11) is 0. The highest BCUT2D eigenvalue weighted by molar-refractivity contribution is 5.67. The van der Waals surface area contributed by atoms with E-state index in [1.54, 1.807) is 0 Å². The zero-order valence-corrected chi connectivity index (χ0v) is 16.1. The van der Waals surface area contributed by atoms with Gasteiger partial charge in [0, 0.05) is 25.2 Å². The van der Waals surface area contributed by atoms with E-state index in [-0.39, 0.29) is 12.0 Å². The number of hydrogen-bond donors (Lipinski definition) is 2. The van der Waals surface area contributed by atoms with Crippen LogP contribution in [0.25, 0.3) is 0 Å². The molecule has 0 aromatic rings. The zero-order chi connectivity index (χ0) is 18.1. The van der Waals surface area contributed by atoms with Crippen LogP contribution in [0.5, 0.6) is 0 Å². The molecule has 0 fully saturated rings. The molecular formula is C18H37NO4. The van der Waals surface area contributed by atoms with Gasteiger partial charge in [0.25, 0.3) is 0 Å². The van der Waals surface area contributed by atoms with E-state index < -0.39 is 11.7 Å². The maximum absolute atomic E-state index is 11.9. The molecule has 0 rings (SSSR count). The summed E-state index contributed by atoms with van der Waals surface area (Å²) in [6.45, 7) is 15.7. The van der Waals surface area contributed by atoms with Crippen LogP contribution in [0.2, 0.25) is 0 Å². The van der Waals surface area contributed by atoms with E-state index in [1.807, 2.05) is 20.8 Å². The van der Waals surface area contributed by atoms with E-state index in [0.29, 0.717) is 38.0 Å². The van der Waals surface area contributed by atoms with Crippen molar-refractivity contribution in [2.75, 3.05) is 26.4 Å². The van der Waals surface area contributed by atoms with E-state index in [9.17, 15) is 9.90 Å². The van der Waals surface area contributed by atoms with Crippen molar-refractivity contribution in [3.05, 3.63) is 0 Å². The average molecular weight is 331 g/mol. The minimum atomic E-state index is -0.523. The molecule has 0 aliphatic rings. The Bertz CT molecular complexity index is 336. The predicted molar refractivity (Wildman–Crippen MR) is 93.5 cm³/mol. The lowest BCUT2D eigenvalue weighted by Crippen LogP contribution is -2.43. The molecule has 0 saturated heterocycles. The SMILES string of the molecule is CC(C)COCCC(CO)(CNC(=O)OC(C)(C)C)CC(C)C. The third-order valence-corrected chi connectivity index (χ3v) is 3.41. The van der Waals surface area contributed by atoms with Crippen LogP contribution < -0.4 is 5.32 Å². The van der Waals surface area contributed by atoms with Crippen LogP contribution in [0.15, 0.2) is 0 Å². The highest BCUT2D eigenvalue weighted by Crippen LogP contribution is 2.30. The minimum absolute atomic E-state index is 0.0199. The summed E-state index contributed by atoms with van der Waals surface area (Å²) >= 11 is 0. The Kier molecular flexibility index (Phi) is 9.78. The van der Waals surface area contributed by atoms with Gasteiger partial charge in [0.2, 0.25) is 0 Å². The third kappa shape index (κ3) is 11.4. The van der Waals surface area contributed by atoms with E-state index in [2.05, 4.69) is 33.0 Å². The highest BCUT2D eigenvalue weighted by Gasteiger charge is 2.31. The van der Waals surface area contributed by atoms with Crippen molar-refractivity contribution in [2.24, 2.45) is 17.3 Å². The smallest absolute Gasteiger partial charge is 0.407 e. The van der Waals surface area contributed by atoms with Gasteiger partial charge in [0.05, 0.1) is 6.61 Å². The van der Waals surface area contributed by atoms with Gasteiger partial charge in [-0.1, -0.05) is 27.7 Å². The van der Waals surface area contributed by atoms with Gasteiger partial charge >= 0.3 is 6.09 Å². The predicted octanol–water partition coefficient (Wildman–Crippen LogP) is 3.60. The molecule has 1 amide bonds. The number of hydrogen-bond acceptors (Lipinski definition) is 4. The largest absolute Gasteiger partial charge is 0.444 e. The fraction of sp³-hybridized carbons (Fsp3) is 0.944. The zero-order valence-electron chi connectivity index (χ0n) is 16.1. The molecule has 1 unspecified atom stereocenters. The molecule has 0 aromatic carbocycles. The van der Waals surface area contributed by atoms with Gasteiger partial charge in [-0.05, 0) is 45.4 Å². The van der Waals surface area contributed by atoms with Crippen molar-refractivity contribution < 1.29 is 19.4 Å². The Hall–Kier alpha value is -0.810. The van der Waals surface area contributed by atoms with Crippen LogP contribution >= 0.6 is 0 Å². The van der Waals surface area contributed by atoms with E-state index >= 15 is 0 Å². The van der Waals surface area contributed by atoms with Crippen LogP contribution in [0.1, 0.15) is 61.3 Å². The van der Waals surface area contributed by atoms with Gasteiger partial charge < -0.3 is 19.9 Å². The number of ether oxygens (including phenoxy) is 2. The molecule has 0 heterocycles. The number of aliphatic hydroxyl groups is 1. The molecular weight excluding hydrogens is 294 g/mol. The van der Waals surface area contributed by atoms with Crippen molar-refractivity contribution >= 4 is 6.09 Å². The monoisotopic (exact) mass is 331 g/mol. The molecule has 0 bridgehead atoms. The Balaban J connectivity index is 4.61. The number of carbonyl (C=O) groups excluding carboxylic acids is 1. The summed E-state index contributed by atoms with van der Waals surface area (Å²) < 4.78 is 10.9. The quantitative estimate of drug-likeness (QED) is 0.600. The molecule has 5 nitrogen and oxygen atoms in total. The molecule has 5 heteroatoms. The van der Waals surface area contributed by atoms with Crippen LogP contribution in [-0.4, -0.2) is 43.2 Å². The Morgan fingerprint density at radius 2 is 1.74 bits per heavy atom. The summed E-state index contributed by atoms with van der Waals surface area (Å²) in [6.07, 6.45) is 1.09. The molecule has 1 atom stereocenters. The van der Waals surface area contributed by atoms with Crippen LogP contribution in [0.3, 0.4) is 0 Å². The van der Waals surface area contributed by atoms with Crippen LogP contribution in [0.4, 0.5) is 4.79 Å². The fourth-order valence-electron chi connectivity index (χ4n) is 2.51. The molecule has 2 N–H and O–H groups in total. The molecule has 0 aliphatic carbocycles. The van der Waals surface area contributed by atoms with Gasteiger partial charge in [0.15, 0.2) is 0 Å². The summed E-state index contributed by atoms with van der Waals surface area (Å²) in [5.41, 5.74) is -0.896. The molecule has 0 saturated carbocycles. The number of rotatable bonds is 10. The summed E-state index contributed by atoms with van der Waals surface area (Å²) in [6, 6.07) is 0. The van der Waals surface area contributed by atoms with Crippen molar-refractivity contribution in [1.82, 2.24) is 5.32 Å². The summed E-state index contributed by atoms with van der Waals surface area (Å²) in [5.74, 6) is 0.913. The van der Waals surface area contributed by atoms with Gasteiger partial charge in [-0.2, -0.15) is 0 Å².